The molecule has 2 heterocycles. The molecule has 7 nitrogen and oxygen atoms in total. The Morgan fingerprint density at radius 2 is 1.93 bits per heavy atom. The molecule has 0 aliphatic heterocycles. The maximum Gasteiger partial charge on any atom is 0.285 e. The zero-order chi connectivity index (χ0) is 20.2. The topological polar surface area (TPSA) is 101 Å². The number of fused-ring (bicyclic) bond motifs is 1. The van der Waals surface area contributed by atoms with Crippen LogP contribution in [0.2, 0.25) is 0 Å². The van der Waals surface area contributed by atoms with Crippen LogP contribution in [-0.2, 0) is 4.74 Å². The number of anilines is 1. The molecule has 4 rings (SSSR count). The van der Waals surface area contributed by atoms with E-state index in [0.717, 1.165) is 35.9 Å². The summed E-state index contributed by atoms with van der Waals surface area (Å²) in [4.78, 5) is 29.4. The molecule has 1 atom stereocenters. The number of benzene rings is 1. The van der Waals surface area contributed by atoms with Crippen LogP contribution < -0.4 is 10.6 Å². The van der Waals surface area contributed by atoms with Crippen LogP contribution in [0, 0.1) is 0 Å². The zero-order valence-corrected chi connectivity index (χ0v) is 17.2. The van der Waals surface area contributed by atoms with E-state index in [1.807, 2.05) is 24.3 Å². The Morgan fingerprint density at radius 1 is 1.14 bits per heavy atom. The van der Waals surface area contributed by atoms with Crippen molar-refractivity contribution in [1.82, 2.24) is 10.3 Å². The lowest BCUT2D eigenvalue weighted by Gasteiger charge is -2.25. The number of aliphatic hydroxyl groups excluding tert-OH is 1. The van der Waals surface area contributed by atoms with E-state index in [-0.39, 0.29) is 17.6 Å². The monoisotopic (exact) mass is 431 g/mol. The summed E-state index contributed by atoms with van der Waals surface area (Å²) < 4.78 is 6.44. The summed E-state index contributed by atoms with van der Waals surface area (Å²) in [5, 5.41) is 17.7. The average molecular weight is 432 g/mol. The van der Waals surface area contributed by atoms with Gasteiger partial charge >= 0.3 is 0 Å². The number of thiophene rings is 1. The molecule has 9 heteroatoms. The van der Waals surface area contributed by atoms with Gasteiger partial charge in [-0.3, -0.25) is 9.59 Å². The lowest BCUT2D eigenvalue weighted by Crippen LogP contribution is -2.39. The fourth-order valence-electron chi connectivity index (χ4n) is 3.32. The number of nitrogens with one attached hydrogen (secondary N) is 2. The highest BCUT2D eigenvalue weighted by Crippen LogP contribution is 2.27. The van der Waals surface area contributed by atoms with Crippen molar-refractivity contribution in [3.8, 4) is 0 Å². The van der Waals surface area contributed by atoms with Crippen molar-refractivity contribution in [1.29, 1.82) is 0 Å². The molecule has 0 radical (unpaired) electrons. The minimum atomic E-state index is -1.38. The van der Waals surface area contributed by atoms with E-state index in [0.29, 0.717) is 10.0 Å². The summed E-state index contributed by atoms with van der Waals surface area (Å²) in [6.07, 6.45) is 3.66. The highest BCUT2D eigenvalue weighted by molar-refractivity contribution is 7.20. The molecule has 0 bridgehead atoms. The van der Waals surface area contributed by atoms with Gasteiger partial charge in [0.05, 0.1) is 21.9 Å². The molecule has 1 aliphatic carbocycles. The number of amides is 2. The number of hydrogen-bond donors (Lipinski definition) is 3. The van der Waals surface area contributed by atoms with Crippen LogP contribution in [0.15, 0.2) is 35.7 Å². The molecule has 1 saturated carbocycles. The molecule has 1 fully saturated rings. The number of carbonyl (C=O) groups excluding carboxylic acids is 2. The second-order valence-electron chi connectivity index (χ2n) is 6.83. The normalized spacial score (nSPS) is 15.9. The van der Waals surface area contributed by atoms with Gasteiger partial charge < -0.3 is 20.5 Å². The number of para-hydroxylation sites is 1. The maximum absolute atomic E-state index is 12.6. The molecule has 0 spiro atoms. The second-order valence-corrected chi connectivity index (χ2v) is 8.77. The molecule has 3 N–H and O–H groups in total. The van der Waals surface area contributed by atoms with Crippen molar-refractivity contribution < 1.29 is 19.4 Å². The Bertz CT molecular complexity index is 977. The summed E-state index contributed by atoms with van der Waals surface area (Å²) >= 11 is 2.52. The quantitative estimate of drug-likeness (QED) is 0.513. The maximum atomic E-state index is 12.6. The summed E-state index contributed by atoms with van der Waals surface area (Å²) in [5.74, 6) is -0.879. The van der Waals surface area contributed by atoms with Crippen molar-refractivity contribution in [2.75, 3.05) is 5.32 Å². The summed E-state index contributed by atoms with van der Waals surface area (Å²) in [7, 11) is 0. The van der Waals surface area contributed by atoms with Crippen molar-refractivity contribution in [2.45, 2.75) is 44.6 Å². The van der Waals surface area contributed by atoms with Crippen LogP contribution in [0.4, 0.5) is 5.00 Å². The van der Waals surface area contributed by atoms with E-state index in [4.69, 9.17) is 4.74 Å². The number of ether oxygens (including phenoxy) is 1. The third-order valence-electron chi connectivity index (χ3n) is 4.75. The molecule has 1 aromatic carbocycles. The predicted octanol–water partition coefficient (Wildman–Crippen LogP) is 3.97. The fourth-order valence-corrected chi connectivity index (χ4v) is 4.96. The van der Waals surface area contributed by atoms with E-state index in [2.05, 4.69) is 15.6 Å². The summed E-state index contributed by atoms with van der Waals surface area (Å²) in [5.41, 5.74) is 1.03. The number of carbonyl (C=O) groups is 2. The summed E-state index contributed by atoms with van der Waals surface area (Å²) in [6, 6.07) is 9.11. The number of nitrogens with zero attached hydrogens (tertiary/aromatic N) is 1. The SMILES string of the molecule is O=C(Nc1sccc1C(=O)NC(O)OC1CCCCC1)c1nc2ccccc2s1. The first kappa shape index (κ1) is 20.0. The van der Waals surface area contributed by atoms with Gasteiger partial charge in [-0.2, -0.15) is 0 Å². The molecular formula is C20H21N3O4S2. The molecule has 2 aromatic heterocycles. The standard InChI is InChI=1S/C20H21N3O4S2/c24-16(23-20(26)27-12-6-2-1-3-7-12)13-10-11-28-18(13)22-17(25)19-21-14-8-4-5-9-15(14)29-19/h4-5,8-12,20,26H,1-3,6-7H2,(H,22,25)(H,23,24). The zero-order valence-electron chi connectivity index (χ0n) is 15.6. The van der Waals surface area contributed by atoms with Gasteiger partial charge in [0.25, 0.3) is 11.8 Å². The van der Waals surface area contributed by atoms with Gasteiger partial charge in [-0.1, -0.05) is 31.4 Å². The predicted molar refractivity (Wildman–Crippen MR) is 113 cm³/mol. The van der Waals surface area contributed by atoms with Gasteiger partial charge in [-0.25, -0.2) is 4.98 Å². The van der Waals surface area contributed by atoms with Crippen molar-refractivity contribution >= 4 is 49.7 Å². The van der Waals surface area contributed by atoms with Crippen LogP contribution >= 0.6 is 22.7 Å². The van der Waals surface area contributed by atoms with E-state index >= 15 is 0 Å². The van der Waals surface area contributed by atoms with Crippen LogP contribution in [0.1, 0.15) is 52.3 Å². The van der Waals surface area contributed by atoms with Crippen LogP contribution in [0.25, 0.3) is 10.2 Å². The van der Waals surface area contributed by atoms with Gasteiger partial charge in [0.1, 0.15) is 5.00 Å². The number of hydrogen-bond acceptors (Lipinski definition) is 7. The largest absolute Gasteiger partial charge is 0.351 e. The Kier molecular flexibility index (Phi) is 6.19. The third kappa shape index (κ3) is 4.81. The molecule has 2 amide bonds. The lowest BCUT2D eigenvalue weighted by molar-refractivity contribution is -0.154. The Balaban J connectivity index is 1.39. The molecule has 3 aromatic rings. The van der Waals surface area contributed by atoms with Gasteiger partial charge in [0.2, 0.25) is 6.41 Å². The van der Waals surface area contributed by atoms with Crippen molar-refractivity contribution in [2.24, 2.45) is 0 Å². The van der Waals surface area contributed by atoms with E-state index in [9.17, 15) is 14.7 Å². The van der Waals surface area contributed by atoms with Crippen LogP contribution in [-0.4, -0.2) is 34.4 Å². The lowest BCUT2D eigenvalue weighted by atomic mass is 9.98. The van der Waals surface area contributed by atoms with E-state index < -0.39 is 12.3 Å². The van der Waals surface area contributed by atoms with Crippen molar-refractivity contribution in [3.05, 3.63) is 46.3 Å². The fraction of sp³-hybridized carbons (Fsp3) is 0.350. The third-order valence-corrected chi connectivity index (χ3v) is 6.62. The molecule has 1 aliphatic rings. The highest BCUT2D eigenvalue weighted by Gasteiger charge is 2.22. The number of aliphatic hydroxyl groups is 1. The van der Waals surface area contributed by atoms with Gasteiger partial charge in [-0.15, -0.1) is 22.7 Å². The average Bonchev–Trinajstić information content (AvgIpc) is 3.35. The van der Waals surface area contributed by atoms with E-state index in [1.54, 1.807) is 11.4 Å². The van der Waals surface area contributed by atoms with Gasteiger partial charge in [0, 0.05) is 0 Å². The van der Waals surface area contributed by atoms with Crippen LogP contribution in [0.5, 0.6) is 0 Å². The molecule has 29 heavy (non-hydrogen) atoms. The van der Waals surface area contributed by atoms with Crippen molar-refractivity contribution in [3.63, 3.8) is 0 Å². The number of rotatable bonds is 6. The van der Waals surface area contributed by atoms with Gasteiger partial charge in [0.15, 0.2) is 5.01 Å². The molecule has 0 saturated heterocycles. The Labute approximate surface area is 175 Å². The minimum absolute atomic E-state index is 0.0419. The molecule has 1 unspecified atom stereocenters. The smallest absolute Gasteiger partial charge is 0.285 e. The summed E-state index contributed by atoms with van der Waals surface area (Å²) in [6.45, 7) is 0. The second kappa shape index (κ2) is 9.00. The van der Waals surface area contributed by atoms with E-state index in [1.165, 1.54) is 29.1 Å². The Hall–Kier alpha value is -2.33. The number of thiazole rings is 1. The first-order chi connectivity index (χ1) is 14.1. The minimum Gasteiger partial charge on any atom is -0.351 e. The van der Waals surface area contributed by atoms with Crippen LogP contribution in [0.3, 0.4) is 0 Å². The molecular weight excluding hydrogens is 410 g/mol. The highest BCUT2D eigenvalue weighted by atomic mass is 32.1. The molecule has 152 valence electrons. The first-order valence-electron chi connectivity index (χ1n) is 9.49. The number of aromatic nitrogens is 1. The first-order valence-corrected chi connectivity index (χ1v) is 11.2. The van der Waals surface area contributed by atoms with Gasteiger partial charge in [-0.05, 0) is 36.4 Å². The Morgan fingerprint density at radius 3 is 2.72 bits per heavy atom.